The van der Waals surface area contributed by atoms with Crippen molar-refractivity contribution < 1.29 is 9.59 Å². The molecule has 2 amide bonds. The molecule has 1 rings (SSSR count). The zero-order chi connectivity index (χ0) is 15.3. The Morgan fingerprint density at radius 2 is 1.90 bits per heavy atom. The summed E-state index contributed by atoms with van der Waals surface area (Å²) in [5.41, 5.74) is 1.05. The Bertz CT molecular complexity index is 498. The fourth-order valence-electron chi connectivity index (χ4n) is 1.66. The molecule has 3 N–H and O–H groups in total. The van der Waals surface area contributed by atoms with E-state index in [4.69, 9.17) is 0 Å². The quantitative estimate of drug-likeness (QED) is 0.769. The first-order valence-corrected chi connectivity index (χ1v) is 6.63. The van der Waals surface area contributed by atoms with Gasteiger partial charge in [-0.15, -0.1) is 0 Å². The molecule has 0 saturated carbocycles. The minimum absolute atomic E-state index is 0.0718. The van der Waals surface area contributed by atoms with Gasteiger partial charge in [0, 0.05) is 12.6 Å². The number of benzene rings is 1. The summed E-state index contributed by atoms with van der Waals surface area (Å²) in [6.45, 7) is 7.02. The van der Waals surface area contributed by atoms with Crippen LogP contribution in [0.15, 0.2) is 24.3 Å². The molecule has 1 aromatic carbocycles. The summed E-state index contributed by atoms with van der Waals surface area (Å²) in [5, 5.41) is 8.65. The van der Waals surface area contributed by atoms with Crippen molar-refractivity contribution in [2.45, 2.75) is 39.3 Å². The van der Waals surface area contributed by atoms with Crippen LogP contribution in [-0.4, -0.2) is 24.4 Å². The number of nitrogens with one attached hydrogen (secondary N) is 3. The van der Waals surface area contributed by atoms with Gasteiger partial charge in [-0.25, -0.2) is 0 Å². The summed E-state index contributed by atoms with van der Waals surface area (Å²) in [6, 6.07) is 7.31. The van der Waals surface area contributed by atoms with Gasteiger partial charge in [-0.2, -0.15) is 0 Å². The highest BCUT2D eigenvalue weighted by Gasteiger charge is 2.26. The van der Waals surface area contributed by atoms with Gasteiger partial charge in [-0.05, 0) is 45.5 Å². The maximum Gasteiger partial charge on any atom is 0.240 e. The molecule has 0 aliphatic rings. The summed E-state index contributed by atoms with van der Waals surface area (Å²) >= 11 is 0. The van der Waals surface area contributed by atoms with Gasteiger partial charge in [-0.3, -0.25) is 9.59 Å². The first-order chi connectivity index (χ1) is 9.26. The first-order valence-electron chi connectivity index (χ1n) is 6.63. The number of amides is 2. The predicted octanol–water partition coefficient (Wildman–Crippen LogP) is 1.82. The topological polar surface area (TPSA) is 70.2 Å². The molecule has 110 valence electrons. The van der Waals surface area contributed by atoms with Crippen molar-refractivity contribution in [1.29, 1.82) is 0 Å². The maximum atomic E-state index is 12.1. The van der Waals surface area contributed by atoms with Crippen LogP contribution in [0, 0.1) is 0 Å². The minimum Gasteiger partial charge on any atom is -0.348 e. The molecule has 0 saturated heterocycles. The number of hydrogen-bond donors (Lipinski definition) is 3. The van der Waals surface area contributed by atoms with Gasteiger partial charge in [0.2, 0.25) is 11.8 Å². The lowest BCUT2D eigenvalue weighted by Gasteiger charge is -2.25. The number of hydrogen-bond acceptors (Lipinski definition) is 3. The van der Waals surface area contributed by atoms with E-state index in [2.05, 4.69) is 16.0 Å². The number of carbonyl (C=O) groups is 2. The van der Waals surface area contributed by atoms with Gasteiger partial charge < -0.3 is 16.0 Å². The van der Waals surface area contributed by atoms with Gasteiger partial charge >= 0.3 is 0 Å². The molecular formula is C15H23N3O2. The summed E-state index contributed by atoms with van der Waals surface area (Å²) in [5.74, 6) is -0.187. The molecule has 0 heterocycles. The summed E-state index contributed by atoms with van der Waals surface area (Å²) < 4.78 is 0. The second-order valence-electron chi connectivity index (χ2n) is 5.38. The smallest absolute Gasteiger partial charge is 0.240 e. The third-order valence-corrected chi connectivity index (χ3v) is 3.25. The van der Waals surface area contributed by atoms with Crippen molar-refractivity contribution in [1.82, 2.24) is 10.6 Å². The second-order valence-corrected chi connectivity index (χ2v) is 5.38. The van der Waals surface area contributed by atoms with Crippen molar-refractivity contribution in [3.05, 3.63) is 29.8 Å². The molecule has 1 atom stereocenters. The fraction of sp³-hybridized carbons (Fsp3) is 0.467. The number of anilines is 1. The average molecular weight is 277 g/mol. The van der Waals surface area contributed by atoms with Gasteiger partial charge in [-0.1, -0.05) is 12.1 Å². The van der Waals surface area contributed by atoms with Crippen LogP contribution in [0.4, 0.5) is 5.69 Å². The van der Waals surface area contributed by atoms with Crippen LogP contribution in [-0.2, 0) is 9.59 Å². The van der Waals surface area contributed by atoms with E-state index in [-0.39, 0.29) is 17.9 Å². The Morgan fingerprint density at radius 3 is 2.45 bits per heavy atom. The molecule has 0 aliphatic heterocycles. The predicted molar refractivity (Wildman–Crippen MR) is 80.4 cm³/mol. The summed E-state index contributed by atoms with van der Waals surface area (Å²) in [7, 11) is 1.75. The van der Waals surface area contributed by atoms with E-state index in [0.717, 1.165) is 11.3 Å². The molecule has 0 spiro atoms. The zero-order valence-corrected chi connectivity index (χ0v) is 12.7. The lowest BCUT2D eigenvalue weighted by Crippen LogP contribution is -2.51. The fourth-order valence-corrected chi connectivity index (χ4v) is 1.66. The highest BCUT2D eigenvalue weighted by molar-refractivity contribution is 5.89. The molecule has 0 fully saturated rings. The Balaban J connectivity index is 2.80. The highest BCUT2D eigenvalue weighted by atomic mass is 16.2. The van der Waals surface area contributed by atoms with E-state index < -0.39 is 5.54 Å². The number of likely N-dealkylation sites (N-methyl/N-ethyl adjacent to an activating group) is 1. The standard InChI is InChI=1S/C15H23N3O2/c1-10(17-14(20)15(3,4)16-5)12-7-6-8-13(9-12)18-11(2)19/h6-10,16H,1-5H3,(H,17,20)(H,18,19). The van der Waals surface area contributed by atoms with Crippen molar-refractivity contribution in [3.63, 3.8) is 0 Å². The minimum atomic E-state index is -0.622. The number of carbonyl (C=O) groups excluding carboxylic acids is 2. The Labute approximate surface area is 120 Å². The molecule has 5 heteroatoms. The maximum absolute atomic E-state index is 12.1. The largest absolute Gasteiger partial charge is 0.348 e. The van der Waals surface area contributed by atoms with Gasteiger partial charge in [0.05, 0.1) is 11.6 Å². The lowest BCUT2D eigenvalue weighted by atomic mass is 10.0. The van der Waals surface area contributed by atoms with Crippen LogP contribution in [0.3, 0.4) is 0 Å². The van der Waals surface area contributed by atoms with Gasteiger partial charge in [0.15, 0.2) is 0 Å². The van der Waals surface area contributed by atoms with Gasteiger partial charge in [0.25, 0.3) is 0 Å². The molecule has 0 bridgehead atoms. The average Bonchev–Trinajstić information content (AvgIpc) is 2.38. The molecular weight excluding hydrogens is 254 g/mol. The molecule has 0 aliphatic carbocycles. The van der Waals surface area contributed by atoms with Crippen LogP contribution < -0.4 is 16.0 Å². The lowest BCUT2D eigenvalue weighted by molar-refractivity contribution is -0.126. The summed E-state index contributed by atoms with van der Waals surface area (Å²) in [4.78, 5) is 23.2. The molecule has 5 nitrogen and oxygen atoms in total. The van der Waals surface area contributed by atoms with E-state index in [9.17, 15) is 9.59 Å². The van der Waals surface area contributed by atoms with Crippen molar-refractivity contribution in [2.75, 3.05) is 12.4 Å². The van der Waals surface area contributed by atoms with Crippen LogP contribution in [0.2, 0.25) is 0 Å². The monoisotopic (exact) mass is 277 g/mol. The van der Waals surface area contributed by atoms with E-state index in [1.54, 1.807) is 7.05 Å². The van der Waals surface area contributed by atoms with Crippen LogP contribution in [0.25, 0.3) is 0 Å². The Morgan fingerprint density at radius 1 is 1.25 bits per heavy atom. The Kier molecular flexibility index (Phi) is 5.27. The molecule has 1 aromatic rings. The van der Waals surface area contributed by atoms with Crippen molar-refractivity contribution >= 4 is 17.5 Å². The van der Waals surface area contributed by atoms with Crippen LogP contribution in [0.1, 0.15) is 39.3 Å². The molecule has 0 radical (unpaired) electrons. The second kappa shape index (κ2) is 6.52. The first kappa shape index (κ1) is 16.2. The zero-order valence-electron chi connectivity index (χ0n) is 12.7. The van der Waals surface area contributed by atoms with Crippen molar-refractivity contribution in [2.24, 2.45) is 0 Å². The van der Waals surface area contributed by atoms with Gasteiger partial charge in [0.1, 0.15) is 0 Å². The van der Waals surface area contributed by atoms with E-state index in [1.165, 1.54) is 6.92 Å². The van der Waals surface area contributed by atoms with E-state index in [0.29, 0.717) is 0 Å². The molecule has 0 aromatic heterocycles. The van der Waals surface area contributed by atoms with Crippen LogP contribution >= 0.6 is 0 Å². The molecule has 1 unspecified atom stereocenters. The van der Waals surface area contributed by atoms with Crippen LogP contribution in [0.5, 0.6) is 0 Å². The Hall–Kier alpha value is -1.88. The van der Waals surface area contributed by atoms with E-state index >= 15 is 0 Å². The SMILES string of the molecule is CNC(C)(C)C(=O)NC(C)c1cccc(NC(C)=O)c1. The van der Waals surface area contributed by atoms with Crippen molar-refractivity contribution in [3.8, 4) is 0 Å². The normalized spacial score (nSPS) is 12.7. The third kappa shape index (κ3) is 4.35. The highest BCUT2D eigenvalue weighted by Crippen LogP contribution is 2.18. The molecule has 20 heavy (non-hydrogen) atoms. The third-order valence-electron chi connectivity index (χ3n) is 3.25. The summed E-state index contributed by atoms with van der Waals surface area (Å²) in [6.07, 6.45) is 0. The van der Waals surface area contributed by atoms with E-state index in [1.807, 2.05) is 45.0 Å². The number of rotatable bonds is 5.